The van der Waals surface area contributed by atoms with Crippen molar-refractivity contribution in [1.82, 2.24) is 10.3 Å². The highest BCUT2D eigenvalue weighted by Crippen LogP contribution is 2.38. The van der Waals surface area contributed by atoms with Gasteiger partial charge in [-0.3, -0.25) is 4.79 Å². The van der Waals surface area contributed by atoms with Crippen molar-refractivity contribution in [3.63, 3.8) is 0 Å². The van der Waals surface area contributed by atoms with E-state index in [0.717, 1.165) is 39.3 Å². The van der Waals surface area contributed by atoms with Gasteiger partial charge in [0, 0.05) is 22.4 Å². The Kier molecular flexibility index (Phi) is 5.12. The molecule has 1 aromatic heterocycles. The molecule has 1 aliphatic rings. The lowest BCUT2D eigenvalue weighted by Gasteiger charge is -2.12. The fourth-order valence-corrected chi connectivity index (χ4v) is 4.64. The predicted molar refractivity (Wildman–Crippen MR) is 110 cm³/mol. The van der Waals surface area contributed by atoms with Crippen molar-refractivity contribution in [2.24, 2.45) is 0 Å². The van der Waals surface area contributed by atoms with Crippen molar-refractivity contribution in [3.05, 3.63) is 53.7 Å². The SMILES string of the molecule is COc1ccc2c(Sc3ccc(C)cc3)c(C(=O)NC3CCCC3)[nH]c2c1. The number of benzene rings is 2. The number of carbonyl (C=O) groups excluding carboxylic acids is 1. The molecule has 4 rings (SSSR count). The summed E-state index contributed by atoms with van der Waals surface area (Å²) in [6.45, 7) is 2.08. The molecule has 0 unspecified atom stereocenters. The van der Waals surface area contributed by atoms with Crippen LogP contribution in [0.3, 0.4) is 0 Å². The first kappa shape index (κ1) is 18.0. The zero-order chi connectivity index (χ0) is 18.8. The molecule has 1 heterocycles. The number of amides is 1. The topological polar surface area (TPSA) is 54.1 Å². The van der Waals surface area contributed by atoms with Crippen molar-refractivity contribution in [2.75, 3.05) is 7.11 Å². The largest absolute Gasteiger partial charge is 0.497 e. The second-order valence-electron chi connectivity index (χ2n) is 7.11. The van der Waals surface area contributed by atoms with E-state index in [4.69, 9.17) is 4.74 Å². The molecule has 4 nitrogen and oxygen atoms in total. The van der Waals surface area contributed by atoms with Gasteiger partial charge in [0.05, 0.1) is 17.5 Å². The average molecular weight is 381 g/mol. The van der Waals surface area contributed by atoms with Crippen LogP contribution in [-0.2, 0) is 0 Å². The highest BCUT2D eigenvalue weighted by Gasteiger charge is 2.23. The minimum atomic E-state index is -0.0216. The van der Waals surface area contributed by atoms with Crippen LogP contribution in [0.2, 0.25) is 0 Å². The summed E-state index contributed by atoms with van der Waals surface area (Å²) in [4.78, 5) is 18.4. The van der Waals surface area contributed by atoms with Gasteiger partial charge in [-0.1, -0.05) is 42.3 Å². The number of aromatic amines is 1. The summed E-state index contributed by atoms with van der Waals surface area (Å²) in [6, 6.07) is 14.6. The molecule has 0 saturated heterocycles. The molecular weight excluding hydrogens is 356 g/mol. The lowest BCUT2D eigenvalue weighted by atomic mass is 10.2. The number of H-pyrrole nitrogens is 1. The Balaban J connectivity index is 1.72. The number of methoxy groups -OCH3 is 1. The normalized spacial score (nSPS) is 14.6. The molecule has 1 fully saturated rings. The molecule has 2 aromatic carbocycles. The van der Waals surface area contributed by atoms with Crippen LogP contribution in [0.25, 0.3) is 10.9 Å². The maximum atomic E-state index is 13.0. The molecular formula is C22H24N2O2S. The molecule has 0 radical (unpaired) electrons. The Morgan fingerprint density at radius 2 is 1.89 bits per heavy atom. The van der Waals surface area contributed by atoms with E-state index >= 15 is 0 Å². The standard InChI is InChI=1S/C22H24N2O2S/c1-14-7-10-17(11-8-14)27-21-18-12-9-16(26-2)13-19(18)24-20(21)22(25)23-15-5-3-4-6-15/h7-13,15,24H,3-6H2,1-2H3,(H,23,25). The minimum absolute atomic E-state index is 0.0216. The van der Waals surface area contributed by atoms with Gasteiger partial charge in [0.1, 0.15) is 11.4 Å². The van der Waals surface area contributed by atoms with Crippen molar-refractivity contribution in [3.8, 4) is 5.75 Å². The lowest BCUT2D eigenvalue weighted by Crippen LogP contribution is -2.33. The van der Waals surface area contributed by atoms with Gasteiger partial charge in [-0.25, -0.2) is 0 Å². The number of aromatic nitrogens is 1. The highest BCUT2D eigenvalue weighted by atomic mass is 32.2. The summed E-state index contributed by atoms with van der Waals surface area (Å²) in [5, 5.41) is 4.25. The highest BCUT2D eigenvalue weighted by molar-refractivity contribution is 7.99. The van der Waals surface area contributed by atoms with Gasteiger partial charge in [-0.2, -0.15) is 0 Å². The second-order valence-corrected chi connectivity index (χ2v) is 8.19. The quantitative estimate of drug-likeness (QED) is 0.631. The summed E-state index contributed by atoms with van der Waals surface area (Å²) < 4.78 is 5.34. The van der Waals surface area contributed by atoms with E-state index < -0.39 is 0 Å². The summed E-state index contributed by atoms with van der Waals surface area (Å²) in [5.41, 5.74) is 2.78. The third kappa shape index (κ3) is 3.83. The van der Waals surface area contributed by atoms with Gasteiger partial charge in [0.25, 0.3) is 5.91 Å². The van der Waals surface area contributed by atoms with E-state index in [0.29, 0.717) is 5.69 Å². The minimum Gasteiger partial charge on any atom is -0.497 e. The van der Waals surface area contributed by atoms with E-state index in [1.807, 2.05) is 18.2 Å². The molecule has 27 heavy (non-hydrogen) atoms. The number of aryl methyl sites for hydroxylation is 1. The van der Waals surface area contributed by atoms with Crippen LogP contribution in [0.1, 0.15) is 41.7 Å². The number of fused-ring (bicyclic) bond motifs is 1. The van der Waals surface area contributed by atoms with Gasteiger partial charge in [-0.15, -0.1) is 0 Å². The number of hydrogen-bond acceptors (Lipinski definition) is 3. The number of hydrogen-bond donors (Lipinski definition) is 2. The van der Waals surface area contributed by atoms with Gasteiger partial charge in [0.15, 0.2) is 0 Å². The van der Waals surface area contributed by atoms with Crippen molar-refractivity contribution < 1.29 is 9.53 Å². The van der Waals surface area contributed by atoms with Crippen LogP contribution in [0.15, 0.2) is 52.3 Å². The molecule has 3 aromatic rings. The van der Waals surface area contributed by atoms with Crippen LogP contribution in [0.4, 0.5) is 0 Å². The molecule has 0 atom stereocenters. The van der Waals surface area contributed by atoms with Gasteiger partial charge >= 0.3 is 0 Å². The molecule has 2 N–H and O–H groups in total. The smallest absolute Gasteiger partial charge is 0.269 e. The van der Waals surface area contributed by atoms with E-state index in [1.54, 1.807) is 18.9 Å². The molecule has 0 bridgehead atoms. The number of rotatable bonds is 5. The first-order valence-corrected chi connectivity index (χ1v) is 10.2. The average Bonchev–Trinajstić information content (AvgIpc) is 3.31. The third-order valence-electron chi connectivity index (χ3n) is 5.12. The van der Waals surface area contributed by atoms with Crippen LogP contribution in [0, 0.1) is 6.92 Å². The molecule has 0 spiro atoms. The van der Waals surface area contributed by atoms with E-state index in [1.165, 1.54) is 18.4 Å². The molecule has 1 aliphatic carbocycles. The van der Waals surface area contributed by atoms with Crippen LogP contribution in [-0.4, -0.2) is 24.0 Å². The summed E-state index contributed by atoms with van der Waals surface area (Å²) in [6.07, 6.45) is 4.53. The molecule has 1 saturated carbocycles. The van der Waals surface area contributed by atoms with Crippen molar-refractivity contribution >= 4 is 28.6 Å². The van der Waals surface area contributed by atoms with Crippen molar-refractivity contribution in [1.29, 1.82) is 0 Å². The fourth-order valence-electron chi connectivity index (χ4n) is 3.60. The molecule has 5 heteroatoms. The first-order chi connectivity index (χ1) is 13.1. The van der Waals surface area contributed by atoms with Crippen LogP contribution in [0.5, 0.6) is 5.75 Å². The Morgan fingerprint density at radius 3 is 2.59 bits per heavy atom. The Bertz CT molecular complexity index is 956. The monoisotopic (exact) mass is 380 g/mol. The maximum absolute atomic E-state index is 13.0. The molecule has 0 aliphatic heterocycles. The summed E-state index contributed by atoms with van der Waals surface area (Å²) >= 11 is 1.63. The fraction of sp³-hybridized carbons (Fsp3) is 0.318. The predicted octanol–water partition coefficient (Wildman–Crippen LogP) is 5.31. The van der Waals surface area contributed by atoms with Gasteiger partial charge < -0.3 is 15.0 Å². The Hall–Kier alpha value is -2.40. The zero-order valence-corrected chi connectivity index (χ0v) is 16.5. The molecule has 140 valence electrons. The first-order valence-electron chi connectivity index (χ1n) is 9.39. The van der Waals surface area contributed by atoms with Gasteiger partial charge in [0.2, 0.25) is 0 Å². The number of carbonyl (C=O) groups is 1. The molecule has 1 amide bonds. The third-order valence-corrected chi connectivity index (χ3v) is 6.25. The second kappa shape index (κ2) is 7.69. The van der Waals surface area contributed by atoms with Gasteiger partial charge in [-0.05, 0) is 44.0 Å². The maximum Gasteiger partial charge on any atom is 0.269 e. The Labute approximate surface area is 163 Å². The lowest BCUT2D eigenvalue weighted by molar-refractivity contribution is 0.0930. The van der Waals surface area contributed by atoms with E-state index in [-0.39, 0.29) is 11.9 Å². The van der Waals surface area contributed by atoms with Crippen LogP contribution >= 0.6 is 11.8 Å². The Morgan fingerprint density at radius 1 is 1.15 bits per heavy atom. The number of ether oxygens (including phenoxy) is 1. The summed E-state index contributed by atoms with van der Waals surface area (Å²) in [5.74, 6) is 0.755. The van der Waals surface area contributed by atoms with Crippen molar-refractivity contribution in [2.45, 2.75) is 48.4 Å². The van der Waals surface area contributed by atoms with E-state index in [9.17, 15) is 4.79 Å². The van der Waals surface area contributed by atoms with Crippen LogP contribution < -0.4 is 10.1 Å². The van der Waals surface area contributed by atoms with E-state index in [2.05, 4.69) is 41.5 Å². The zero-order valence-electron chi connectivity index (χ0n) is 15.7. The summed E-state index contributed by atoms with van der Waals surface area (Å²) in [7, 11) is 1.65. The number of nitrogens with one attached hydrogen (secondary N) is 2.